The van der Waals surface area contributed by atoms with Gasteiger partial charge in [0.15, 0.2) is 17.5 Å². The molecule has 2 aromatic heterocycles. The van der Waals surface area contributed by atoms with Gasteiger partial charge in [0.25, 0.3) is 5.91 Å². The van der Waals surface area contributed by atoms with Crippen molar-refractivity contribution in [2.45, 2.75) is 32.6 Å². The molecule has 1 amide bonds. The van der Waals surface area contributed by atoms with Crippen molar-refractivity contribution in [1.82, 2.24) is 25.1 Å². The van der Waals surface area contributed by atoms with Crippen LogP contribution in [0, 0.1) is 25.5 Å². The second-order valence-electron chi connectivity index (χ2n) is 7.48. The van der Waals surface area contributed by atoms with E-state index in [1.807, 2.05) is 19.1 Å². The summed E-state index contributed by atoms with van der Waals surface area (Å²) < 4.78 is 27.6. The van der Waals surface area contributed by atoms with E-state index in [0.717, 1.165) is 30.3 Å². The van der Waals surface area contributed by atoms with E-state index in [2.05, 4.69) is 25.5 Å². The van der Waals surface area contributed by atoms with Gasteiger partial charge in [-0.25, -0.2) is 18.7 Å². The molecule has 2 N–H and O–H groups in total. The van der Waals surface area contributed by atoms with Gasteiger partial charge in [0, 0.05) is 36.8 Å². The average Bonchev–Trinajstić information content (AvgIpc) is 3.13. The lowest BCUT2D eigenvalue weighted by Crippen LogP contribution is -2.39. The molecule has 0 aliphatic carbocycles. The second-order valence-corrected chi connectivity index (χ2v) is 7.48. The maximum Gasteiger partial charge on any atom is 0.256 e. The van der Waals surface area contributed by atoms with Crippen LogP contribution in [0.4, 0.5) is 20.4 Å². The molecule has 0 spiro atoms. The zero-order chi connectivity index (χ0) is 21.3. The van der Waals surface area contributed by atoms with Gasteiger partial charge in [-0.1, -0.05) is 6.07 Å². The van der Waals surface area contributed by atoms with Crippen LogP contribution < -0.4 is 5.32 Å². The molecule has 1 fully saturated rings. The van der Waals surface area contributed by atoms with Crippen LogP contribution in [0.1, 0.15) is 46.3 Å². The van der Waals surface area contributed by atoms with Crippen LogP contribution in [0.3, 0.4) is 0 Å². The highest BCUT2D eigenvalue weighted by atomic mass is 19.2. The Bertz CT molecular complexity index is 1080. The molecule has 1 aromatic carbocycles. The van der Waals surface area contributed by atoms with E-state index in [9.17, 15) is 13.6 Å². The molecule has 156 valence electrons. The molecule has 4 rings (SSSR count). The minimum atomic E-state index is -1.11. The summed E-state index contributed by atoms with van der Waals surface area (Å²) in [6, 6.07) is 7.37. The minimum absolute atomic E-state index is 0.0255. The van der Waals surface area contributed by atoms with E-state index >= 15 is 0 Å². The first-order chi connectivity index (χ1) is 14.4. The van der Waals surface area contributed by atoms with Gasteiger partial charge in [-0.05, 0) is 38.8 Å². The van der Waals surface area contributed by atoms with E-state index in [1.54, 1.807) is 11.8 Å². The van der Waals surface area contributed by atoms with Crippen LogP contribution >= 0.6 is 0 Å². The highest BCUT2D eigenvalue weighted by Gasteiger charge is 2.28. The number of aryl methyl sites for hydroxylation is 2. The Morgan fingerprint density at radius 2 is 2.03 bits per heavy atom. The molecule has 1 saturated heterocycles. The lowest BCUT2D eigenvalue weighted by atomic mass is 9.93. The summed E-state index contributed by atoms with van der Waals surface area (Å²) >= 11 is 0. The molecule has 3 heterocycles. The summed E-state index contributed by atoms with van der Waals surface area (Å²) in [7, 11) is 0. The first-order valence-corrected chi connectivity index (χ1v) is 9.78. The summed E-state index contributed by atoms with van der Waals surface area (Å²) in [4.78, 5) is 23.3. The topological polar surface area (TPSA) is 86.8 Å². The zero-order valence-electron chi connectivity index (χ0n) is 16.7. The molecule has 7 nitrogen and oxygen atoms in total. The standard InChI is InChI=1S/C21H22F2N6O/c1-12-9-19(28-27-12)26-18-10-17(24-13(2)25-18)14-5-4-8-29(11-14)21(30)15-6-3-7-16(22)20(15)23/h3,6-7,9-10,14H,4-5,8,11H2,1-2H3,(H2,24,25,26,27,28)/t14-/m0/s1. The van der Waals surface area contributed by atoms with Crippen molar-refractivity contribution in [2.24, 2.45) is 0 Å². The van der Waals surface area contributed by atoms with Crippen LogP contribution in [0.2, 0.25) is 0 Å². The molecular weight excluding hydrogens is 390 g/mol. The van der Waals surface area contributed by atoms with E-state index in [-0.39, 0.29) is 11.5 Å². The Morgan fingerprint density at radius 3 is 2.80 bits per heavy atom. The number of carbonyl (C=O) groups is 1. The number of nitrogens with zero attached hydrogens (tertiary/aromatic N) is 4. The van der Waals surface area contributed by atoms with Crippen molar-refractivity contribution in [3.63, 3.8) is 0 Å². The number of amides is 1. The molecule has 0 unspecified atom stereocenters. The summed E-state index contributed by atoms with van der Waals surface area (Å²) in [6.45, 7) is 4.58. The zero-order valence-corrected chi connectivity index (χ0v) is 16.7. The van der Waals surface area contributed by atoms with Gasteiger partial charge in [0.1, 0.15) is 11.6 Å². The number of aromatic amines is 1. The van der Waals surface area contributed by atoms with Crippen LogP contribution in [0.25, 0.3) is 0 Å². The Balaban J connectivity index is 1.54. The first kappa shape index (κ1) is 19.9. The van der Waals surface area contributed by atoms with Crippen molar-refractivity contribution >= 4 is 17.5 Å². The summed E-state index contributed by atoms with van der Waals surface area (Å²) in [6.07, 6.45) is 1.59. The van der Waals surface area contributed by atoms with E-state index in [0.29, 0.717) is 30.5 Å². The smallest absolute Gasteiger partial charge is 0.256 e. The largest absolute Gasteiger partial charge is 0.338 e. The first-order valence-electron chi connectivity index (χ1n) is 9.78. The number of rotatable bonds is 4. The minimum Gasteiger partial charge on any atom is -0.338 e. The van der Waals surface area contributed by atoms with E-state index < -0.39 is 17.5 Å². The van der Waals surface area contributed by atoms with Crippen molar-refractivity contribution < 1.29 is 13.6 Å². The number of likely N-dealkylation sites (tertiary alicyclic amines) is 1. The molecule has 30 heavy (non-hydrogen) atoms. The molecule has 3 aromatic rings. The third-order valence-corrected chi connectivity index (χ3v) is 5.13. The van der Waals surface area contributed by atoms with Crippen molar-refractivity contribution in [2.75, 3.05) is 18.4 Å². The van der Waals surface area contributed by atoms with Gasteiger partial charge < -0.3 is 10.2 Å². The number of hydrogen-bond donors (Lipinski definition) is 2. The van der Waals surface area contributed by atoms with Gasteiger partial charge in [0.2, 0.25) is 0 Å². The monoisotopic (exact) mass is 412 g/mol. The Kier molecular flexibility index (Phi) is 5.43. The highest BCUT2D eigenvalue weighted by molar-refractivity contribution is 5.94. The molecule has 1 atom stereocenters. The molecule has 0 bridgehead atoms. The number of carbonyl (C=O) groups excluding carboxylic acids is 1. The fourth-order valence-corrected chi connectivity index (χ4v) is 3.72. The van der Waals surface area contributed by atoms with Crippen LogP contribution in [0.15, 0.2) is 30.3 Å². The molecule has 0 saturated carbocycles. The average molecular weight is 412 g/mol. The van der Waals surface area contributed by atoms with Gasteiger partial charge >= 0.3 is 0 Å². The fourth-order valence-electron chi connectivity index (χ4n) is 3.72. The fraction of sp³-hybridized carbons (Fsp3) is 0.333. The number of halogens is 2. The number of anilines is 2. The molecule has 1 aliphatic heterocycles. The third-order valence-electron chi connectivity index (χ3n) is 5.13. The maximum absolute atomic E-state index is 14.1. The predicted octanol–water partition coefficient (Wildman–Crippen LogP) is 3.86. The molecule has 1 aliphatic rings. The van der Waals surface area contributed by atoms with Crippen LogP contribution in [0.5, 0.6) is 0 Å². The summed E-state index contributed by atoms with van der Waals surface area (Å²) in [5.74, 6) is -0.798. The summed E-state index contributed by atoms with van der Waals surface area (Å²) in [5.41, 5.74) is 1.48. The van der Waals surface area contributed by atoms with Crippen LogP contribution in [-0.4, -0.2) is 44.1 Å². The Morgan fingerprint density at radius 1 is 1.20 bits per heavy atom. The number of nitrogens with one attached hydrogen (secondary N) is 2. The van der Waals surface area contributed by atoms with Gasteiger partial charge in [0.05, 0.1) is 11.3 Å². The quantitative estimate of drug-likeness (QED) is 0.680. The van der Waals surface area contributed by atoms with Crippen molar-refractivity contribution in [3.05, 3.63) is 64.7 Å². The van der Waals surface area contributed by atoms with E-state index in [1.165, 1.54) is 12.1 Å². The Hall–Kier alpha value is -3.36. The van der Waals surface area contributed by atoms with Gasteiger partial charge in [-0.2, -0.15) is 5.10 Å². The molecular formula is C21H22F2N6O. The number of piperidine rings is 1. The normalized spacial score (nSPS) is 16.5. The van der Waals surface area contributed by atoms with Crippen LogP contribution in [-0.2, 0) is 0 Å². The van der Waals surface area contributed by atoms with Gasteiger partial charge in [-0.3, -0.25) is 9.89 Å². The van der Waals surface area contributed by atoms with E-state index in [4.69, 9.17) is 0 Å². The van der Waals surface area contributed by atoms with Crippen molar-refractivity contribution in [1.29, 1.82) is 0 Å². The lowest BCUT2D eigenvalue weighted by Gasteiger charge is -2.32. The number of benzene rings is 1. The predicted molar refractivity (Wildman–Crippen MR) is 108 cm³/mol. The van der Waals surface area contributed by atoms with Crippen molar-refractivity contribution in [3.8, 4) is 0 Å². The summed E-state index contributed by atoms with van der Waals surface area (Å²) in [5, 5.41) is 10.2. The number of aromatic nitrogens is 4. The molecule has 9 heteroatoms. The number of H-pyrrole nitrogens is 1. The second kappa shape index (κ2) is 8.17. The molecule has 0 radical (unpaired) electrons. The Labute approximate surface area is 172 Å². The lowest BCUT2D eigenvalue weighted by molar-refractivity contribution is 0.0700. The number of hydrogen-bond acceptors (Lipinski definition) is 5. The van der Waals surface area contributed by atoms with Gasteiger partial charge in [-0.15, -0.1) is 0 Å². The SMILES string of the molecule is Cc1nc(Nc2cc(C)[nH]n2)cc([C@H]2CCCN(C(=O)c3cccc(F)c3F)C2)n1. The maximum atomic E-state index is 14.1. The highest BCUT2D eigenvalue weighted by Crippen LogP contribution is 2.29. The third kappa shape index (κ3) is 4.14.